The Kier molecular flexibility index (Phi) is 8.95. The Labute approximate surface area is 199 Å². The molecule has 13 nitrogen and oxygen atoms in total. The quantitative estimate of drug-likeness (QED) is 0.170. The Morgan fingerprint density at radius 2 is 1.47 bits per heavy atom. The minimum atomic E-state index is -1.35. The molecule has 13 heteroatoms. The topological polar surface area (TPSA) is 228 Å². The van der Waals surface area contributed by atoms with Crippen molar-refractivity contribution in [1.29, 1.82) is 0 Å². The van der Waals surface area contributed by atoms with Crippen molar-refractivity contribution in [1.82, 2.24) is 5.32 Å². The summed E-state index contributed by atoms with van der Waals surface area (Å²) in [5.41, 5.74) is 17.2. The molecule has 2 saturated heterocycles. The molecule has 3 rings (SSSR count). The maximum atomic E-state index is 11.1. The van der Waals surface area contributed by atoms with E-state index in [1.54, 1.807) is 7.05 Å². The number of aliphatic hydroxyl groups excluding tert-OH is 4. The number of ether oxygens (including phenoxy) is 4. The highest BCUT2D eigenvalue weighted by Crippen LogP contribution is 2.32. The molecule has 0 aromatic carbocycles. The van der Waals surface area contributed by atoms with Gasteiger partial charge >= 0.3 is 0 Å². The molecule has 34 heavy (non-hydrogen) atoms. The highest BCUT2D eigenvalue weighted by atomic mass is 16.7. The van der Waals surface area contributed by atoms with Crippen molar-refractivity contribution in [3.8, 4) is 0 Å². The van der Waals surface area contributed by atoms with E-state index in [1.165, 1.54) is 6.92 Å². The summed E-state index contributed by atoms with van der Waals surface area (Å²) in [6, 6.07) is -3.23. The second-order valence-electron chi connectivity index (χ2n) is 10.3. The van der Waals surface area contributed by atoms with Gasteiger partial charge < -0.3 is 67.0 Å². The van der Waals surface area contributed by atoms with Crippen molar-refractivity contribution < 1.29 is 44.5 Å². The first kappa shape index (κ1) is 28.1. The fraction of sp³-hybridized carbons (Fsp3) is 1.00. The van der Waals surface area contributed by atoms with Crippen LogP contribution in [0.15, 0.2) is 0 Å². The molecule has 0 aromatic rings. The Bertz CT molecular complexity index is 674. The summed E-state index contributed by atoms with van der Waals surface area (Å²) in [5.74, 6) is -0.139. The molecule has 14 atom stereocenters. The second-order valence-corrected chi connectivity index (χ2v) is 10.3. The molecule has 3 fully saturated rings. The minimum absolute atomic E-state index is 0.112. The third-order valence-corrected chi connectivity index (χ3v) is 7.13. The number of rotatable bonds is 6. The van der Waals surface area contributed by atoms with Gasteiger partial charge in [0.2, 0.25) is 0 Å². The third kappa shape index (κ3) is 5.42. The van der Waals surface area contributed by atoms with E-state index in [1.807, 2.05) is 13.8 Å². The monoisotopic (exact) mass is 494 g/mol. The van der Waals surface area contributed by atoms with E-state index < -0.39 is 85.1 Å². The normalized spacial score (nSPS) is 52.7. The Morgan fingerprint density at radius 3 is 2.00 bits per heavy atom. The largest absolute Gasteiger partial charge is 0.388 e. The summed E-state index contributed by atoms with van der Waals surface area (Å²) >= 11 is 0. The van der Waals surface area contributed by atoms with Crippen molar-refractivity contribution in [2.24, 2.45) is 23.1 Å². The van der Waals surface area contributed by atoms with E-state index in [-0.39, 0.29) is 18.9 Å². The standard InChI is InChI=1S/C21H42N4O9/c1-7(2)15-12(27)11(26)10(24)19(32-15)33-16-8(22)5-9(23)17(13(16)28)34-20-14(29)18(25-4)21(3,30)6-31-20/h7-20,25-30H,5-6,22-24H2,1-4H3/t8?,9-,10?,11?,12+,13?,14-,15?,16-,17?,18?,19-,20?,21?/m1/s1. The third-order valence-electron chi connectivity index (χ3n) is 7.13. The Balaban J connectivity index is 1.73. The van der Waals surface area contributed by atoms with Crippen molar-refractivity contribution in [3.05, 3.63) is 0 Å². The maximum absolute atomic E-state index is 11.1. The Hall–Kier alpha value is -0.520. The summed E-state index contributed by atoms with van der Waals surface area (Å²) in [4.78, 5) is 0. The average molecular weight is 495 g/mol. The zero-order valence-electron chi connectivity index (χ0n) is 20.1. The van der Waals surface area contributed by atoms with E-state index in [0.29, 0.717) is 0 Å². The lowest BCUT2D eigenvalue weighted by Crippen LogP contribution is -2.69. The highest BCUT2D eigenvalue weighted by Gasteiger charge is 2.52. The lowest BCUT2D eigenvalue weighted by Gasteiger charge is -2.49. The van der Waals surface area contributed by atoms with Crippen LogP contribution in [0.5, 0.6) is 0 Å². The average Bonchev–Trinajstić information content (AvgIpc) is 2.75. The molecule has 1 aliphatic carbocycles. The van der Waals surface area contributed by atoms with Gasteiger partial charge in [0.25, 0.3) is 0 Å². The predicted molar refractivity (Wildman–Crippen MR) is 119 cm³/mol. The van der Waals surface area contributed by atoms with Crippen LogP contribution >= 0.6 is 0 Å². The van der Waals surface area contributed by atoms with Gasteiger partial charge in [0.05, 0.1) is 24.8 Å². The van der Waals surface area contributed by atoms with E-state index in [4.69, 9.17) is 36.1 Å². The van der Waals surface area contributed by atoms with Crippen LogP contribution in [0.2, 0.25) is 0 Å². The lowest BCUT2D eigenvalue weighted by molar-refractivity contribution is -0.317. The summed E-state index contributed by atoms with van der Waals surface area (Å²) in [5, 5.41) is 55.7. The molecule has 200 valence electrons. The first-order chi connectivity index (χ1) is 15.8. The molecule has 0 bridgehead atoms. The SMILES string of the molecule is CNC1[C@@H](O)C(OC2C(O)[C@H](O[C@H]3OC(C(C)C)[C@@H](O)C(O)C3N)C(N)C[C@H]2N)OCC1(C)O. The number of hydrogen-bond donors (Lipinski definition) is 9. The van der Waals surface area contributed by atoms with Crippen LogP contribution in [0.4, 0.5) is 0 Å². The molecule has 0 radical (unpaired) electrons. The molecule has 0 aromatic heterocycles. The first-order valence-electron chi connectivity index (χ1n) is 11.8. The zero-order valence-corrected chi connectivity index (χ0v) is 20.1. The zero-order chi connectivity index (χ0) is 25.5. The van der Waals surface area contributed by atoms with Crippen molar-refractivity contribution in [2.45, 2.75) is 112 Å². The van der Waals surface area contributed by atoms with E-state index in [2.05, 4.69) is 5.32 Å². The number of nitrogens with two attached hydrogens (primary N) is 3. The van der Waals surface area contributed by atoms with Gasteiger partial charge in [0.1, 0.15) is 42.2 Å². The van der Waals surface area contributed by atoms with Crippen LogP contribution in [-0.4, -0.2) is 124 Å². The van der Waals surface area contributed by atoms with Crippen molar-refractivity contribution in [3.63, 3.8) is 0 Å². The maximum Gasteiger partial charge on any atom is 0.185 e. The summed E-state index contributed by atoms with van der Waals surface area (Å²) in [7, 11) is 1.60. The van der Waals surface area contributed by atoms with Crippen LogP contribution in [0, 0.1) is 5.92 Å². The van der Waals surface area contributed by atoms with Crippen LogP contribution in [0.1, 0.15) is 27.2 Å². The van der Waals surface area contributed by atoms with Crippen LogP contribution < -0.4 is 22.5 Å². The second kappa shape index (κ2) is 10.8. The van der Waals surface area contributed by atoms with Gasteiger partial charge in [-0.1, -0.05) is 13.8 Å². The fourth-order valence-electron chi connectivity index (χ4n) is 5.10. The molecule has 3 aliphatic rings. The van der Waals surface area contributed by atoms with Gasteiger partial charge in [-0.15, -0.1) is 0 Å². The molecule has 12 N–H and O–H groups in total. The smallest absolute Gasteiger partial charge is 0.185 e. The molecule has 2 aliphatic heterocycles. The van der Waals surface area contributed by atoms with E-state index in [0.717, 1.165) is 0 Å². The fourth-order valence-corrected chi connectivity index (χ4v) is 5.10. The van der Waals surface area contributed by atoms with E-state index in [9.17, 15) is 25.5 Å². The van der Waals surface area contributed by atoms with Crippen molar-refractivity contribution in [2.75, 3.05) is 13.7 Å². The van der Waals surface area contributed by atoms with Crippen LogP contribution in [0.3, 0.4) is 0 Å². The summed E-state index contributed by atoms with van der Waals surface area (Å²) in [6.45, 7) is 5.06. The number of likely N-dealkylation sites (N-methyl/N-ethyl adjacent to an activating group) is 1. The molecule has 0 spiro atoms. The van der Waals surface area contributed by atoms with Gasteiger partial charge in [-0.05, 0) is 26.3 Å². The number of hydrogen-bond acceptors (Lipinski definition) is 13. The molecule has 1 saturated carbocycles. The van der Waals surface area contributed by atoms with Gasteiger partial charge in [-0.3, -0.25) is 0 Å². The summed E-state index contributed by atoms with van der Waals surface area (Å²) in [6.07, 6.45) is -9.97. The highest BCUT2D eigenvalue weighted by molar-refractivity contribution is 5.02. The molecule has 9 unspecified atom stereocenters. The molecule has 2 heterocycles. The van der Waals surface area contributed by atoms with Crippen molar-refractivity contribution >= 4 is 0 Å². The van der Waals surface area contributed by atoms with Crippen LogP contribution in [0.25, 0.3) is 0 Å². The number of nitrogens with one attached hydrogen (secondary N) is 1. The lowest BCUT2D eigenvalue weighted by atomic mass is 9.84. The predicted octanol–water partition coefficient (Wildman–Crippen LogP) is -4.34. The molecular weight excluding hydrogens is 452 g/mol. The van der Waals surface area contributed by atoms with Gasteiger partial charge in [-0.2, -0.15) is 0 Å². The summed E-state index contributed by atoms with van der Waals surface area (Å²) < 4.78 is 23.2. The number of aliphatic hydroxyl groups is 5. The molecule has 0 amide bonds. The minimum Gasteiger partial charge on any atom is -0.388 e. The molecular formula is C21H42N4O9. The first-order valence-corrected chi connectivity index (χ1v) is 11.8. The Morgan fingerprint density at radius 1 is 0.912 bits per heavy atom. The van der Waals surface area contributed by atoms with Gasteiger partial charge in [0.15, 0.2) is 12.6 Å². The van der Waals surface area contributed by atoms with E-state index >= 15 is 0 Å². The van der Waals surface area contributed by atoms with Crippen LogP contribution in [-0.2, 0) is 18.9 Å². The van der Waals surface area contributed by atoms with Gasteiger partial charge in [-0.25, -0.2) is 0 Å². The van der Waals surface area contributed by atoms with Gasteiger partial charge in [0, 0.05) is 12.1 Å².